The van der Waals surface area contributed by atoms with Crippen molar-refractivity contribution >= 4 is 5.69 Å². The van der Waals surface area contributed by atoms with Gasteiger partial charge in [0.25, 0.3) is 0 Å². The zero-order valence-electron chi connectivity index (χ0n) is 12.4. The summed E-state index contributed by atoms with van der Waals surface area (Å²) in [6, 6.07) is 7.52. The maximum atomic E-state index is 9.17. The molecule has 1 aliphatic heterocycles. The summed E-state index contributed by atoms with van der Waals surface area (Å²) in [4.78, 5) is 2.34. The van der Waals surface area contributed by atoms with Crippen LogP contribution in [0.4, 0.5) is 5.69 Å². The first-order valence-electron chi connectivity index (χ1n) is 7.93. The van der Waals surface area contributed by atoms with Crippen molar-refractivity contribution in [3.05, 3.63) is 29.3 Å². The molecule has 2 N–H and O–H groups in total. The lowest BCUT2D eigenvalue weighted by molar-refractivity contribution is 0.175. The number of benzene rings is 1. The van der Waals surface area contributed by atoms with Gasteiger partial charge in [0.1, 0.15) is 0 Å². The van der Waals surface area contributed by atoms with E-state index >= 15 is 0 Å². The fourth-order valence-corrected chi connectivity index (χ4v) is 3.54. The van der Waals surface area contributed by atoms with Gasteiger partial charge in [0.05, 0.1) is 0 Å². The van der Waals surface area contributed by atoms with Gasteiger partial charge in [0.2, 0.25) is 0 Å². The van der Waals surface area contributed by atoms with E-state index in [0.717, 1.165) is 13.1 Å². The van der Waals surface area contributed by atoms with Crippen LogP contribution < -0.4 is 10.2 Å². The topological polar surface area (TPSA) is 35.5 Å². The Morgan fingerprint density at radius 2 is 2.05 bits per heavy atom. The minimum absolute atomic E-state index is 0.366. The largest absolute Gasteiger partial charge is 0.396 e. The van der Waals surface area contributed by atoms with Gasteiger partial charge >= 0.3 is 0 Å². The number of nitrogens with one attached hydrogen (secondary N) is 1. The van der Waals surface area contributed by atoms with Crippen molar-refractivity contribution in [2.45, 2.75) is 44.7 Å². The third kappa shape index (κ3) is 2.99. The molecule has 0 unspecified atom stereocenters. The van der Waals surface area contributed by atoms with Crippen LogP contribution in [-0.2, 0) is 13.0 Å². The Morgan fingerprint density at radius 3 is 2.80 bits per heavy atom. The molecule has 1 heterocycles. The SMILES string of the molecule is CN1CCc2cc(CNC3CCC(CO)CC3)ccc21. The van der Waals surface area contributed by atoms with Crippen LogP contribution in [0.25, 0.3) is 0 Å². The molecule has 0 aromatic heterocycles. The second-order valence-corrected chi connectivity index (χ2v) is 6.42. The van der Waals surface area contributed by atoms with Gasteiger partial charge in [-0.15, -0.1) is 0 Å². The number of anilines is 1. The van der Waals surface area contributed by atoms with Crippen LogP contribution >= 0.6 is 0 Å². The van der Waals surface area contributed by atoms with Crippen LogP contribution in [0.3, 0.4) is 0 Å². The van der Waals surface area contributed by atoms with Gasteiger partial charge < -0.3 is 15.3 Å². The molecule has 0 bridgehead atoms. The number of nitrogens with zero attached hydrogens (tertiary/aromatic N) is 1. The van der Waals surface area contributed by atoms with Crippen LogP contribution in [0.15, 0.2) is 18.2 Å². The minimum atomic E-state index is 0.366. The summed E-state index contributed by atoms with van der Waals surface area (Å²) in [7, 11) is 2.17. The summed E-state index contributed by atoms with van der Waals surface area (Å²) >= 11 is 0. The van der Waals surface area contributed by atoms with Crippen molar-refractivity contribution in [3.63, 3.8) is 0 Å². The predicted molar refractivity (Wildman–Crippen MR) is 83.1 cm³/mol. The minimum Gasteiger partial charge on any atom is -0.396 e. The van der Waals surface area contributed by atoms with Gasteiger partial charge in [0, 0.05) is 38.5 Å². The molecule has 0 amide bonds. The smallest absolute Gasteiger partial charge is 0.0459 e. The number of rotatable bonds is 4. The maximum absolute atomic E-state index is 9.17. The van der Waals surface area contributed by atoms with E-state index in [1.165, 1.54) is 48.9 Å². The highest BCUT2D eigenvalue weighted by Crippen LogP contribution is 2.28. The highest BCUT2D eigenvalue weighted by molar-refractivity contribution is 5.58. The van der Waals surface area contributed by atoms with Gasteiger partial charge in [-0.05, 0) is 55.2 Å². The van der Waals surface area contributed by atoms with E-state index in [9.17, 15) is 5.11 Å². The van der Waals surface area contributed by atoms with Crippen molar-refractivity contribution in [1.82, 2.24) is 5.32 Å². The monoisotopic (exact) mass is 274 g/mol. The Morgan fingerprint density at radius 1 is 1.25 bits per heavy atom. The van der Waals surface area contributed by atoms with Gasteiger partial charge in [-0.25, -0.2) is 0 Å². The highest BCUT2D eigenvalue weighted by Gasteiger charge is 2.20. The van der Waals surface area contributed by atoms with Gasteiger partial charge in [0.15, 0.2) is 0 Å². The molecule has 1 fully saturated rings. The molecular formula is C17H26N2O. The van der Waals surface area contributed by atoms with Crippen LogP contribution in [0.5, 0.6) is 0 Å². The van der Waals surface area contributed by atoms with Crippen LogP contribution in [0.2, 0.25) is 0 Å². The summed E-state index contributed by atoms with van der Waals surface area (Å²) in [6.07, 6.45) is 5.94. The number of hydrogen-bond acceptors (Lipinski definition) is 3. The summed E-state index contributed by atoms with van der Waals surface area (Å²) < 4.78 is 0. The van der Waals surface area contributed by atoms with Crippen LogP contribution in [0, 0.1) is 5.92 Å². The molecule has 20 heavy (non-hydrogen) atoms. The average molecular weight is 274 g/mol. The predicted octanol–water partition coefficient (Wildman–Crippen LogP) is 2.32. The van der Waals surface area contributed by atoms with Crippen molar-refractivity contribution < 1.29 is 5.11 Å². The normalized spacial score (nSPS) is 25.8. The molecule has 1 aromatic carbocycles. The number of likely N-dealkylation sites (N-methyl/N-ethyl adjacent to an activating group) is 1. The van der Waals surface area contributed by atoms with E-state index in [2.05, 4.69) is 35.5 Å². The third-order valence-electron chi connectivity index (χ3n) is 4.97. The summed E-state index contributed by atoms with van der Waals surface area (Å²) in [6.45, 7) is 2.49. The Kier molecular flexibility index (Phi) is 4.27. The second kappa shape index (κ2) is 6.15. The lowest BCUT2D eigenvalue weighted by Gasteiger charge is -2.28. The van der Waals surface area contributed by atoms with E-state index in [-0.39, 0.29) is 0 Å². The van der Waals surface area contributed by atoms with Crippen molar-refractivity contribution in [2.75, 3.05) is 25.1 Å². The Labute approximate surface area is 122 Å². The molecule has 0 spiro atoms. The van der Waals surface area contributed by atoms with E-state index in [4.69, 9.17) is 0 Å². The molecule has 1 aromatic rings. The first-order chi connectivity index (χ1) is 9.76. The van der Waals surface area contributed by atoms with Gasteiger partial charge in [-0.1, -0.05) is 12.1 Å². The molecule has 2 aliphatic rings. The van der Waals surface area contributed by atoms with Crippen molar-refractivity contribution in [1.29, 1.82) is 0 Å². The number of aliphatic hydroxyl groups is 1. The van der Waals surface area contributed by atoms with Gasteiger partial charge in [-0.2, -0.15) is 0 Å². The van der Waals surface area contributed by atoms with E-state index in [1.807, 2.05) is 0 Å². The average Bonchev–Trinajstić information content (AvgIpc) is 2.87. The van der Waals surface area contributed by atoms with Crippen molar-refractivity contribution in [3.8, 4) is 0 Å². The molecule has 3 heteroatoms. The van der Waals surface area contributed by atoms with Crippen LogP contribution in [-0.4, -0.2) is 31.3 Å². The highest BCUT2D eigenvalue weighted by atomic mass is 16.3. The molecule has 3 nitrogen and oxygen atoms in total. The lowest BCUT2D eigenvalue weighted by atomic mass is 9.86. The Hall–Kier alpha value is -1.06. The van der Waals surface area contributed by atoms with E-state index in [0.29, 0.717) is 18.6 Å². The standard InChI is InChI=1S/C17H26N2O/c1-19-9-8-15-10-14(4-7-17(15)19)11-18-16-5-2-13(12-20)3-6-16/h4,7,10,13,16,18,20H,2-3,5-6,8-9,11-12H2,1H3. The fourth-order valence-electron chi connectivity index (χ4n) is 3.54. The first-order valence-corrected chi connectivity index (χ1v) is 7.93. The van der Waals surface area contributed by atoms with Crippen LogP contribution in [0.1, 0.15) is 36.8 Å². The fraction of sp³-hybridized carbons (Fsp3) is 0.647. The van der Waals surface area contributed by atoms with E-state index < -0.39 is 0 Å². The molecule has 0 radical (unpaired) electrons. The Balaban J connectivity index is 1.52. The Bertz CT molecular complexity index is 452. The zero-order chi connectivity index (χ0) is 13.9. The molecular weight excluding hydrogens is 248 g/mol. The summed E-state index contributed by atoms with van der Waals surface area (Å²) in [5.74, 6) is 0.545. The molecule has 1 saturated carbocycles. The zero-order valence-corrected chi connectivity index (χ0v) is 12.4. The van der Waals surface area contributed by atoms with Gasteiger partial charge in [-0.3, -0.25) is 0 Å². The number of aliphatic hydroxyl groups excluding tert-OH is 1. The first kappa shape index (κ1) is 13.9. The molecule has 110 valence electrons. The summed E-state index contributed by atoms with van der Waals surface area (Å²) in [5, 5.41) is 12.9. The second-order valence-electron chi connectivity index (χ2n) is 6.42. The summed E-state index contributed by atoms with van der Waals surface area (Å²) in [5.41, 5.74) is 4.30. The van der Waals surface area contributed by atoms with E-state index in [1.54, 1.807) is 0 Å². The lowest BCUT2D eigenvalue weighted by Crippen LogP contribution is -2.33. The molecule has 3 rings (SSSR count). The van der Waals surface area contributed by atoms with Crippen molar-refractivity contribution in [2.24, 2.45) is 5.92 Å². The quantitative estimate of drug-likeness (QED) is 0.884. The molecule has 0 atom stereocenters. The molecule has 0 saturated heterocycles. The number of fused-ring (bicyclic) bond motifs is 1. The number of hydrogen-bond donors (Lipinski definition) is 2. The third-order valence-corrected chi connectivity index (χ3v) is 4.97. The molecule has 1 aliphatic carbocycles. The maximum Gasteiger partial charge on any atom is 0.0459 e.